The first-order valence-corrected chi connectivity index (χ1v) is 6.66. The van der Waals surface area contributed by atoms with Crippen molar-refractivity contribution < 1.29 is 9.31 Å². The number of nitrogens with zero attached hydrogens (tertiary/aromatic N) is 1. The largest absolute Gasteiger partial charge is 0.461 e. The van der Waals surface area contributed by atoms with E-state index in [1.165, 1.54) is 5.56 Å². The molecule has 0 amide bonds. The van der Waals surface area contributed by atoms with Gasteiger partial charge in [-0.1, -0.05) is 0 Å². The molecule has 1 aliphatic carbocycles. The molecule has 1 aromatic heterocycles. The number of pyridine rings is 1. The highest BCUT2D eigenvalue weighted by Gasteiger charge is 2.59. The summed E-state index contributed by atoms with van der Waals surface area (Å²) in [5, 5.41) is 0. The zero-order chi connectivity index (χ0) is 13.0. The molecule has 18 heavy (non-hydrogen) atoms. The van der Waals surface area contributed by atoms with Gasteiger partial charge in [0.2, 0.25) is 0 Å². The van der Waals surface area contributed by atoms with Gasteiger partial charge in [0.1, 0.15) is 0 Å². The predicted molar refractivity (Wildman–Crippen MR) is 71.4 cm³/mol. The van der Waals surface area contributed by atoms with Crippen molar-refractivity contribution in [1.29, 1.82) is 0 Å². The summed E-state index contributed by atoms with van der Waals surface area (Å²) in [6, 6.07) is 4.19. The lowest BCUT2D eigenvalue weighted by molar-refractivity contribution is 0.00578. The summed E-state index contributed by atoms with van der Waals surface area (Å²) in [6.07, 6.45) is 4.87. The minimum atomic E-state index is -0.219. The van der Waals surface area contributed by atoms with Crippen LogP contribution in [0.2, 0.25) is 5.82 Å². The normalized spacial score (nSPS) is 32.6. The monoisotopic (exact) mass is 245 g/mol. The average molecular weight is 245 g/mol. The molecule has 0 radical (unpaired) electrons. The summed E-state index contributed by atoms with van der Waals surface area (Å²) in [5.41, 5.74) is 0.913. The van der Waals surface area contributed by atoms with Gasteiger partial charge in [-0.2, -0.15) is 0 Å². The number of hydrogen-bond acceptors (Lipinski definition) is 3. The topological polar surface area (TPSA) is 31.4 Å². The molecule has 1 aromatic rings. The fraction of sp³-hybridized carbons (Fsp3) is 0.643. The van der Waals surface area contributed by atoms with Crippen molar-refractivity contribution in [2.45, 2.75) is 57.1 Å². The van der Waals surface area contributed by atoms with Gasteiger partial charge in [0.15, 0.2) is 0 Å². The molecule has 0 aromatic carbocycles. The summed E-state index contributed by atoms with van der Waals surface area (Å²) in [6.45, 7) is 8.43. The van der Waals surface area contributed by atoms with Crippen LogP contribution >= 0.6 is 0 Å². The third kappa shape index (κ3) is 1.88. The van der Waals surface area contributed by atoms with Gasteiger partial charge in [0, 0.05) is 18.2 Å². The van der Waals surface area contributed by atoms with Crippen molar-refractivity contribution in [3.05, 3.63) is 30.1 Å². The smallest absolute Gasteiger partial charge is 0.403 e. The second-order valence-electron chi connectivity index (χ2n) is 6.41. The summed E-state index contributed by atoms with van der Waals surface area (Å²) >= 11 is 0. The van der Waals surface area contributed by atoms with Crippen molar-refractivity contribution in [2.75, 3.05) is 0 Å². The summed E-state index contributed by atoms with van der Waals surface area (Å²) in [4.78, 5) is 4.06. The van der Waals surface area contributed by atoms with Crippen LogP contribution in [0.1, 0.15) is 45.6 Å². The van der Waals surface area contributed by atoms with Crippen LogP contribution in [0.15, 0.2) is 24.5 Å². The third-order valence-electron chi connectivity index (χ3n) is 4.60. The molecule has 1 saturated carbocycles. The molecular weight excluding hydrogens is 225 g/mol. The molecule has 0 spiro atoms. The molecule has 3 nitrogen and oxygen atoms in total. The first-order valence-electron chi connectivity index (χ1n) is 6.66. The van der Waals surface area contributed by atoms with Crippen molar-refractivity contribution in [3.63, 3.8) is 0 Å². The van der Waals surface area contributed by atoms with Crippen LogP contribution in [0, 0.1) is 0 Å². The Hall–Kier alpha value is -0.865. The molecule has 2 atom stereocenters. The Morgan fingerprint density at radius 3 is 2.22 bits per heavy atom. The maximum Gasteiger partial charge on any atom is 0.461 e. The fourth-order valence-corrected chi connectivity index (χ4v) is 2.57. The first-order chi connectivity index (χ1) is 8.41. The van der Waals surface area contributed by atoms with Gasteiger partial charge < -0.3 is 9.31 Å². The fourth-order valence-electron chi connectivity index (χ4n) is 2.57. The van der Waals surface area contributed by atoms with E-state index in [2.05, 4.69) is 44.8 Å². The molecule has 96 valence electrons. The zero-order valence-electron chi connectivity index (χ0n) is 11.5. The number of aromatic nitrogens is 1. The van der Waals surface area contributed by atoms with E-state index in [1.807, 2.05) is 12.4 Å². The standard InChI is InChI=1S/C14H20BNO2/c1-13(2)14(3,4)18-15(17-13)12-9-11(12)10-5-7-16-8-6-10/h5-8,11-12H,9H2,1-4H3. The predicted octanol–water partition coefficient (Wildman–Crippen LogP) is 3.03. The van der Waals surface area contributed by atoms with Crippen molar-refractivity contribution in [3.8, 4) is 0 Å². The molecule has 2 heterocycles. The highest BCUT2D eigenvalue weighted by Crippen LogP contribution is 2.58. The van der Waals surface area contributed by atoms with E-state index in [0.717, 1.165) is 6.42 Å². The maximum atomic E-state index is 6.10. The SMILES string of the molecule is CC1(C)OB(C2CC2c2ccncc2)OC1(C)C. The molecule has 0 N–H and O–H groups in total. The quantitative estimate of drug-likeness (QED) is 0.750. The van der Waals surface area contributed by atoms with Gasteiger partial charge >= 0.3 is 7.12 Å². The van der Waals surface area contributed by atoms with E-state index in [-0.39, 0.29) is 18.3 Å². The van der Waals surface area contributed by atoms with E-state index in [1.54, 1.807) is 0 Å². The average Bonchev–Trinajstić information content (AvgIpc) is 3.04. The van der Waals surface area contributed by atoms with E-state index in [9.17, 15) is 0 Å². The van der Waals surface area contributed by atoms with Crippen molar-refractivity contribution in [2.24, 2.45) is 0 Å². The van der Waals surface area contributed by atoms with Crippen molar-refractivity contribution >= 4 is 7.12 Å². The summed E-state index contributed by atoms with van der Waals surface area (Å²) in [7, 11) is -0.0619. The lowest BCUT2D eigenvalue weighted by atomic mass is 9.80. The molecule has 2 fully saturated rings. The summed E-state index contributed by atoms with van der Waals surface area (Å²) < 4.78 is 12.2. The summed E-state index contributed by atoms with van der Waals surface area (Å²) in [5.74, 6) is 1.07. The van der Waals surface area contributed by atoms with Gasteiger partial charge in [-0.15, -0.1) is 0 Å². The second kappa shape index (κ2) is 3.81. The maximum absolute atomic E-state index is 6.10. The minimum absolute atomic E-state index is 0.0619. The minimum Gasteiger partial charge on any atom is -0.403 e. The Kier molecular flexibility index (Phi) is 2.58. The first kappa shape index (κ1) is 12.2. The molecule has 1 saturated heterocycles. The lowest BCUT2D eigenvalue weighted by Gasteiger charge is -2.32. The molecule has 2 aliphatic rings. The van der Waals surface area contributed by atoms with Crippen LogP contribution in [0.5, 0.6) is 0 Å². The lowest BCUT2D eigenvalue weighted by Crippen LogP contribution is -2.41. The molecule has 2 unspecified atom stereocenters. The van der Waals surface area contributed by atoms with E-state index < -0.39 is 0 Å². The molecule has 4 heteroatoms. The zero-order valence-corrected chi connectivity index (χ0v) is 11.5. The molecule has 0 bridgehead atoms. The van der Waals surface area contributed by atoms with E-state index in [4.69, 9.17) is 9.31 Å². The van der Waals surface area contributed by atoms with Crippen LogP contribution < -0.4 is 0 Å². The van der Waals surface area contributed by atoms with Crippen LogP contribution in [0.3, 0.4) is 0 Å². The van der Waals surface area contributed by atoms with E-state index in [0.29, 0.717) is 11.7 Å². The second-order valence-corrected chi connectivity index (χ2v) is 6.41. The van der Waals surface area contributed by atoms with Gasteiger partial charge in [-0.3, -0.25) is 4.98 Å². The highest BCUT2D eigenvalue weighted by molar-refractivity contribution is 6.49. The van der Waals surface area contributed by atoms with Gasteiger partial charge in [0.05, 0.1) is 11.2 Å². The Bertz CT molecular complexity index is 430. The molecule has 1 aliphatic heterocycles. The molecule has 3 rings (SSSR count). The number of hydrogen-bond donors (Lipinski definition) is 0. The Balaban J connectivity index is 1.70. The van der Waals surface area contributed by atoms with Crippen LogP contribution in [-0.4, -0.2) is 23.3 Å². The highest BCUT2D eigenvalue weighted by atomic mass is 16.7. The van der Waals surface area contributed by atoms with Crippen molar-refractivity contribution in [1.82, 2.24) is 4.98 Å². The Labute approximate surface area is 109 Å². The van der Waals surface area contributed by atoms with Crippen LogP contribution in [0.4, 0.5) is 0 Å². The Morgan fingerprint density at radius 2 is 1.67 bits per heavy atom. The van der Waals surface area contributed by atoms with E-state index >= 15 is 0 Å². The third-order valence-corrected chi connectivity index (χ3v) is 4.60. The Morgan fingerprint density at radius 1 is 1.11 bits per heavy atom. The van der Waals surface area contributed by atoms with Crippen LogP contribution in [-0.2, 0) is 9.31 Å². The number of rotatable bonds is 2. The van der Waals surface area contributed by atoms with Gasteiger partial charge in [0.25, 0.3) is 0 Å². The van der Waals surface area contributed by atoms with Gasteiger partial charge in [-0.25, -0.2) is 0 Å². The molecular formula is C14H20BNO2. The van der Waals surface area contributed by atoms with Gasteiger partial charge in [-0.05, 0) is 57.7 Å². The van der Waals surface area contributed by atoms with Crippen LogP contribution in [0.25, 0.3) is 0 Å².